The van der Waals surface area contributed by atoms with Gasteiger partial charge in [0.25, 0.3) is 5.91 Å². The molecular weight excluding hydrogens is 292 g/mol. The van der Waals surface area contributed by atoms with E-state index in [4.69, 9.17) is 9.47 Å². The van der Waals surface area contributed by atoms with Crippen molar-refractivity contribution < 1.29 is 14.3 Å². The van der Waals surface area contributed by atoms with Gasteiger partial charge in [-0.25, -0.2) is 5.43 Å². The molecule has 1 N–H and O–H groups in total. The van der Waals surface area contributed by atoms with Gasteiger partial charge in [-0.15, -0.1) is 0 Å². The Morgan fingerprint density at radius 2 is 1.91 bits per heavy atom. The van der Waals surface area contributed by atoms with Crippen LogP contribution in [0.2, 0.25) is 0 Å². The zero-order chi connectivity index (χ0) is 16.1. The van der Waals surface area contributed by atoms with Crippen LogP contribution in [-0.2, 0) is 0 Å². The molecule has 5 nitrogen and oxygen atoms in total. The standard InChI is InChI=1S/C18H16N2O3/c1-13(19-20-18(21)15-5-3-2-4-6-15)7-8-14-9-10-16-17(11-14)23-12-22-16/h2-11H,12H2,1H3,(H,20,21)/b8-7+,19-13-. The third-order valence-electron chi connectivity index (χ3n) is 3.28. The largest absolute Gasteiger partial charge is 0.454 e. The number of carbonyl (C=O) groups is 1. The molecule has 0 aliphatic carbocycles. The zero-order valence-corrected chi connectivity index (χ0v) is 12.7. The van der Waals surface area contributed by atoms with E-state index in [1.54, 1.807) is 12.1 Å². The smallest absolute Gasteiger partial charge is 0.271 e. The molecule has 2 aromatic rings. The molecule has 23 heavy (non-hydrogen) atoms. The summed E-state index contributed by atoms with van der Waals surface area (Å²) in [4.78, 5) is 11.9. The van der Waals surface area contributed by atoms with Gasteiger partial charge in [-0.3, -0.25) is 4.79 Å². The molecule has 0 saturated carbocycles. The van der Waals surface area contributed by atoms with Crippen molar-refractivity contribution in [1.82, 2.24) is 5.43 Å². The molecule has 0 fully saturated rings. The highest BCUT2D eigenvalue weighted by molar-refractivity contribution is 5.99. The van der Waals surface area contributed by atoms with Gasteiger partial charge in [-0.05, 0) is 42.8 Å². The topological polar surface area (TPSA) is 59.9 Å². The van der Waals surface area contributed by atoms with Crippen LogP contribution in [0.4, 0.5) is 0 Å². The minimum atomic E-state index is -0.235. The zero-order valence-electron chi connectivity index (χ0n) is 12.7. The fourth-order valence-corrected chi connectivity index (χ4v) is 2.06. The predicted molar refractivity (Wildman–Crippen MR) is 88.6 cm³/mol. The van der Waals surface area contributed by atoms with Gasteiger partial charge in [0.2, 0.25) is 6.79 Å². The monoisotopic (exact) mass is 308 g/mol. The number of hydrazone groups is 1. The Balaban J connectivity index is 1.62. The molecular formula is C18H16N2O3. The lowest BCUT2D eigenvalue weighted by molar-refractivity contribution is 0.0955. The molecule has 0 bridgehead atoms. The first-order valence-electron chi connectivity index (χ1n) is 7.20. The minimum absolute atomic E-state index is 0.235. The molecule has 0 unspecified atom stereocenters. The molecule has 0 atom stereocenters. The number of hydrogen-bond acceptors (Lipinski definition) is 4. The van der Waals surface area contributed by atoms with Crippen LogP contribution in [-0.4, -0.2) is 18.4 Å². The second-order valence-corrected chi connectivity index (χ2v) is 5.01. The van der Waals surface area contributed by atoms with Crippen molar-refractivity contribution >= 4 is 17.7 Å². The van der Waals surface area contributed by atoms with Gasteiger partial charge in [0.05, 0.1) is 5.71 Å². The number of nitrogens with one attached hydrogen (secondary N) is 1. The van der Waals surface area contributed by atoms with Crippen LogP contribution in [0, 0.1) is 0 Å². The van der Waals surface area contributed by atoms with Gasteiger partial charge < -0.3 is 9.47 Å². The average molecular weight is 308 g/mol. The number of ether oxygens (including phenoxy) is 2. The van der Waals surface area contributed by atoms with E-state index in [2.05, 4.69) is 10.5 Å². The normalized spacial score (nSPS) is 13.3. The van der Waals surface area contributed by atoms with E-state index in [9.17, 15) is 4.79 Å². The molecule has 116 valence electrons. The number of allylic oxidation sites excluding steroid dienone is 1. The van der Waals surface area contributed by atoms with Crippen molar-refractivity contribution in [2.75, 3.05) is 6.79 Å². The van der Waals surface area contributed by atoms with Crippen LogP contribution >= 0.6 is 0 Å². The van der Waals surface area contributed by atoms with E-state index in [1.807, 2.05) is 55.5 Å². The fraction of sp³-hybridized carbons (Fsp3) is 0.111. The van der Waals surface area contributed by atoms with Crippen molar-refractivity contribution in [2.24, 2.45) is 5.10 Å². The number of carbonyl (C=O) groups excluding carboxylic acids is 1. The number of fused-ring (bicyclic) bond motifs is 1. The molecule has 0 aromatic heterocycles. The predicted octanol–water partition coefficient (Wildman–Crippen LogP) is 3.23. The summed E-state index contributed by atoms with van der Waals surface area (Å²) in [6.45, 7) is 2.07. The summed E-state index contributed by atoms with van der Waals surface area (Å²) in [5.41, 5.74) is 4.76. The van der Waals surface area contributed by atoms with Crippen molar-refractivity contribution in [1.29, 1.82) is 0 Å². The number of rotatable bonds is 4. The summed E-state index contributed by atoms with van der Waals surface area (Å²) in [5, 5.41) is 4.06. The molecule has 1 aliphatic heterocycles. The van der Waals surface area contributed by atoms with Crippen molar-refractivity contribution in [2.45, 2.75) is 6.92 Å². The molecule has 3 rings (SSSR count). The molecule has 5 heteroatoms. The van der Waals surface area contributed by atoms with Crippen molar-refractivity contribution in [3.8, 4) is 11.5 Å². The first-order chi connectivity index (χ1) is 11.2. The maximum absolute atomic E-state index is 11.9. The third-order valence-corrected chi connectivity index (χ3v) is 3.28. The van der Waals surface area contributed by atoms with E-state index < -0.39 is 0 Å². The maximum Gasteiger partial charge on any atom is 0.271 e. The van der Waals surface area contributed by atoms with Gasteiger partial charge >= 0.3 is 0 Å². The first kappa shape index (κ1) is 14.8. The second-order valence-electron chi connectivity index (χ2n) is 5.01. The SMILES string of the molecule is CC(/C=C/c1ccc2c(c1)OCO2)=N/NC(=O)c1ccccc1. The Morgan fingerprint density at radius 3 is 2.74 bits per heavy atom. The van der Waals surface area contributed by atoms with Crippen LogP contribution in [0.15, 0.2) is 59.7 Å². The van der Waals surface area contributed by atoms with Crippen LogP contribution in [0.5, 0.6) is 11.5 Å². The lowest BCUT2D eigenvalue weighted by atomic mass is 10.2. The lowest BCUT2D eigenvalue weighted by Gasteiger charge is -2.00. The minimum Gasteiger partial charge on any atom is -0.454 e. The van der Waals surface area contributed by atoms with Crippen LogP contribution in [0.25, 0.3) is 6.08 Å². The Bertz CT molecular complexity index is 767. The summed E-state index contributed by atoms with van der Waals surface area (Å²) in [6, 6.07) is 14.7. The molecule has 2 aromatic carbocycles. The summed E-state index contributed by atoms with van der Waals surface area (Å²) in [7, 11) is 0. The lowest BCUT2D eigenvalue weighted by Crippen LogP contribution is -2.18. The molecule has 1 amide bonds. The van der Waals surface area contributed by atoms with Gasteiger partial charge in [-0.1, -0.05) is 30.3 Å². The highest BCUT2D eigenvalue weighted by atomic mass is 16.7. The molecule has 0 radical (unpaired) electrons. The van der Waals surface area contributed by atoms with E-state index in [0.29, 0.717) is 11.3 Å². The molecule has 0 spiro atoms. The number of amides is 1. The van der Waals surface area contributed by atoms with E-state index in [1.165, 1.54) is 0 Å². The Labute approximate surface area is 134 Å². The number of benzene rings is 2. The van der Waals surface area contributed by atoms with Gasteiger partial charge in [0.15, 0.2) is 11.5 Å². The number of nitrogens with zero attached hydrogens (tertiary/aromatic N) is 1. The van der Waals surface area contributed by atoms with Gasteiger partial charge in [0.1, 0.15) is 0 Å². The van der Waals surface area contributed by atoms with E-state index in [0.717, 1.165) is 17.1 Å². The van der Waals surface area contributed by atoms with Gasteiger partial charge in [-0.2, -0.15) is 5.10 Å². The van der Waals surface area contributed by atoms with Crippen LogP contribution in [0.1, 0.15) is 22.8 Å². The number of hydrogen-bond donors (Lipinski definition) is 1. The third kappa shape index (κ3) is 3.77. The summed E-state index contributed by atoms with van der Waals surface area (Å²) < 4.78 is 10.6. The van der Waals surface area contributed by atoms with Crippen LogP contribution in [0.3, 0.4) is 0 Å². The van der Waals surface area contributed by atoms with Gasteiger partial charge in [0, 0.05) is 5.56 Å². The quantitative estimate of drug-likeness (QED) is 0.697. The molecule has 1 heterocycles. The van der Waals surface area contributed by atoms with E-state index >= 15 is 0 Å². The van der Waals surface area contributed by atoms with E-state index in [-0.39, 0.29) is 12.7 Å². The Morgan fingerprint density at radius 1 is 1.13 bits per heavy atom. The van der Waals surface area contributed by atoms with Crippen LogP contribution < -0.4 is 14.9 Å². The maximum atomic E-state index is 11.9. The Hall–Kier alpha value is -3.08. The average Bonchev–Trinajstić information content (AvgIpc) is 3.06. The molecule has 0 saturated heterocycles. The summed E-state index contributed by atoms with van der Waals surface area (Å²) in [6.07, 6.45) is 3.72. The summed E-state index contributed by atoms with van der Waals surface area (Å²) >= 11 is 0. The highest BCUT2D eigenvalue weighted by Crippen LogP contribution is 2.32. The first-order valence-corrected chi connectivity index (χ1v) is 7.20. The van der Waals surface area contributed by atoms with Crippen molar-refractivity contribution in [3.63, 3.8) is 0 Å². The Kier molecular flexibility index (Phi) is 4.38. The fourth-order valence-electron chi connectivity index (χ4n) is 2.06. The van der Waals surface area contributed by atoms with Crippen molar-refractivity contribution in [3.05, 3.63) is 65.7 Å². The summed E-state index contributed by atoms with van der Waals surface area (Å²) in [5.74, 6) is 1.25. The highest BCUT2D eigenvalue weighted by Gasteiger charge is 2.12. The molecule has 1 aliphatic rings. The second kappa shape index (κ2) is 6.79.